The Morgan fingerprint density at radius 1 is 1.14 bits per heavy atom. The van der Waals surface area contributed by atoms with Gasteiger partial charge in [0.15, 0.2) is 0 Å². The molecule has 0 unspecified atom stereocenters. The van der Waals surface area contributed by atoms with E-state index in [4.69, 9.17) is 14.6 Å². The van der Waals surface area contributed by atoms with Gasteiger partial charge in [-0.25, -0.2) is 9.59 Å². The minimum absolute atomic E-state index is 0.0237. The van der Waals surface area contributed by atoms with Gasteiger partial charge in [-0.1, -0.05) is 35.4 Å². The molecular weight excluding hydrogens is 296 g/mol. The number of hydrogen-bond donors (Lipinski definition) is 2. The number of rotatable bonds is 3. The van der Waals surface area contributed by atoms with E-state index in [1.807, 2.05) is 6.07 Å². The first kappa shape index (κ1) is 17.0. The van der Waals surface area contributed by atoms with Crippen LogP contribution in [0.3, 0.4) is 0 Å². The van der Waals surface area contributed by atoms with E-state index in [0.29, 0.717) is 5.06 Å². The van der Waals surface area contributed by atoms with Gasteiger partial charge in [0.25, 0.3) is 11.8 Å². The second-order valence-electron chi connectivity index (χ2n) is 4.04. The Morgan fingerprint density at radius 2 is 1.64 bits per heavy atom. The fraction of sp³-hybridized carbons (Fsp3) is 0.231. The van der Waals surface area contributed by atoms with E-state index >= 15 is 0 Å². The molecule has 1 aromatic rings. The first-order valence-electron chi connectivity index (χ1n) is 6.13. The van der Waals surface area contributed by atoms with Gasteiger partial charge < -0.3 is 15.6 Å². The van der Waals surface area contributed by atoms with Crippen LogP contribution in [-0.2, 0) is 25.8 Å². The Hall–Kier alpha value is -3.10. The summed E-state index contributed by atoms with van der Waals surface area (Å²) in [6.07, 6.45) is -2.28. The standard InChI is InChI=1S/C12H11NO5.CH3NO2/c14-10-6-7-11(15)13(10)18-12(16)17-8-9-4-2-1-3-5-9;2-1(3)4/h1-5H,6-8H2;2H2,(H,3,4). The Labute approximate surface area is 125 Å². The lowest BCUT2D eigenvalue weighted by molar-refractivity contribution is -0.177. The number of ether oxygens (including phenoxy) is 1. The lowest BCUT2D eigenvalue weighted by Crippen LogP contribution is -2.32. The molecule has 0 saturated carbocycles. The highest BCUT2D eigenvalue weighted by atomic mass is 16.8. The van der Waals surface area contributed by atoms with E-state index in [2.05, 4.69) is 10.6 Å². The number of imide groups is 1. The SMILES string of the molecule is NC(=O)O.O=C(OCc1ccccc1)ON1C(=O)CCC1=O. The second kappa shape index (κ2) is 8.25. The Bertz CT molecular complexity index is 539. The zero-order valence-corrected chi connectivity index (χ0v) is 11.4. The molecule has 2 rings (SSSR count). The summed E-state index contributed by atoms with van der Waals surface area (Å²) in [6.45, 7) is 0.0237. The molecule has 1 heterocycles. The van der Waals surface area contributed by atoms with E-state index in [9.17, 15) is 14.4 Å². The van der Waals surface area contributed by atoms with Crippen LogP contribution in [-0.4, -0.2) is 34.2 Å². The zero-order chi connectivity index (χ0) is 16.5. The van der Waals surface area contributed by atoms with Crippen LogP contribution in [0.2, 0.25) is 0 Å². The molecule has 118 valence electrons. The summed E-state index contributed by atoms with van der Waals surface area (Å²) < 4.78 is 4.78. The van der Waals surface area contributed by atoms with Gasteiger partial charge in [-0.05, 0) is 5.56 Å². The largest absolute Gasteiger partial charge is 0.534 e. The molecule has 0 aliphatic carbocycles. The van der Waals surface area contributed by atoms with E-state index in [0.717, 1.165) is 5.56 Å². The quantitative estimate of drug-likeness (QED) is 0.628. The van der Waals surface area contributed by atoms with Crippen LogP contribution in [0.15, 0.2) is 30.3 Å². The summed E-state index contributed by atoms with van der Waals surface area (Å²) >= 11 is 0. The molecule has 1 fully saturated rings. The van der Waals surface area contributed by atoms with E-state index in [1.165, 1.54) is 0 Å². The van der Waals surface area contributed by atoms with E-state index in [1.54, 1.807) is 24.3 Å². The number of hydroxylamine groups is 2. The maximum Gasteiger partial charge on any atom is 0.534 e. The number of nitrogens with zero attached hydrogens (tertiary/aromatic N) is 1. The van der Waals surface area contributed by atoms with Crippen LogP contribution < -0.4 is 5.73 Å². The summed E-state index contributed by atoms with van der Waals surface area (Å²) in [5.74, 6) is -1.06. The summed E-state index contributed by atoms with van der Waals surface area (Å²) in [5, 5.41) is 7.65. The number of carboxylic acid groups (broad SMARTS) is 1. The van der Waals surface area contributed by atoms with Crippen molar-refractivity contribution in [3.05, 3.63) is 35.9 Å². The molecule has 9 heteroatoms. The first-order valence-corrected chi connectivity index (χ1v) is 6.13. The maximum atomic E-state index is 11.3. The molecule has 0 radical (unpaired) electrons. The van der Waals surface area contributed by atoms with Gasteiger partial charge in [0.05, 0.1) is 0 Å². The minimum Gasteiger partial charge on any atom is -0.465 e. The number of amides is 3. The average Bonchev–Trinajstić information content (AvgIpc) is 2.77. The normalized spacial score (nSPS) is 13.2. The van der Waals surface area contributed by atoms with Gasteiger partial charge in [-0.15, -0.1) is 0 Å². The van der Waals surface area contributed by atoms with E-state index < -0.39 is 24.1 Å². The molecule has 3 amide bonds. The number of primary amides is 1. The number of carbonyl (C=O) groups is 4. The number of benzene rings is 1. The smallest absolute Gasteiger partial charge is 0.465 e. The number of hydrogen-bond acceptors (Lipinski definition) is 6. The van der Waals surface area contributed by atoms with Gasteiger partial charge in [-0.2, -0.15) is 0 Å². The highest BCUT2D eigenvalue weighted by Gasteiger charge is 2.33. The first-order chi connectivity index (χ1) is 10.4. The van der Waals surface area contributed by atoms with Crippen molar-refractivity contribution >= 4 is 24.1 Å². The Morgan fingerprint density at radius 3 is 2.14 bits per heavy atom. The van der Waals surface area contributed by atoms with Crippen molar-refractivity contribution in [1.82, 2.24) is 5.06 Å². The molecular formula is C13H14N2O7. The summed E-state index contributed by atoms with van der Waals surface area (Å²) in [4.78, 5) is 46.9. The van der Waals surface area contributed by atoms with Gasteiger partial charge >= 0.3 is 12.2 Å². The van der Waals surface area contributed by atoms with Crippen molar-refractivity contribution in [3.8, 4) is 0 Å². The van der Waals surface area contributed by atoms with Crippen LogP contribution in [0.25, 0.3) is 0 Å². The van der Waals surface area contributed by atoms with Crippen LogP contribution in [0.1, 0.15) is 18.4 Å². The molecule has 0 atom stereocenters. The van der Waals surface area contributed by atoms with Crippen molar-refractivity contribution < 1.29 is 33.9 Å². The monoisotopic (exact) mass is 310 g/mol. The van der Waals surface area contributed by atoms with Crippen LogP contribution in [0.5, 0.6) is 0 Å². The molecule has 22 heavy (non-hydrogen) atoms. The lowest BCUT2D eigenvalue weighted by Gasteiger charge is -2.12. The molecule has 9 nitrogen and oxygen atoms in total. The zero-order valence-electron chi connectivity index (χ0n) is 11.4. The minimum atomic E-state index is -1.33. The fourth-order valence-electron chi connectivity index (χ4n) is 1.48. The van der Waals surface area contributed by atoms with Gasteiger partial charge in [0.1, 0.15) is 6.61 Å². The number of carbonyl (C=O) groups excluding carboxylic acids is 3. The maximum absolute atomic E-state index is 11.3. The van der Waals surface area contributed by atoms with Crippen LogP contribution >= 0.6 is 0 Å². The van der Waals surface area contributed by atoms with Gasteiger partial charge in [0.2, 0.25) is 0 Å². The predicted octanol–water partition coefficient (Wildman–Crippen LogP) is 1.03. The highest BCUT2D eigenvalue weighted by molar-refractivity contribution is 6.01. The molecule has 0 spiro atoms. The highest BCUT2D eigenvalue weighted by Crippen LogP contribution is 2.13. The molecule has 0 bridgehead atoms. The van der Waals surface area contributed by atoms with Crippen LogP contribution in [0, 0.1) is 0 Å². The van der Waals surface area contributed by atoms with Gasteiger partial charge in [0, 0.05) is 12.8 Å². The fourth-order valence-corrected chi connectivity index (χ4v) is 1.48. The molecule has 0 aromatic heterocycles. The third kappa shape index (κ3) is 5.90. The topological polar surface area (TPSA) is 136 Å². The van der Waals surface area contributed by atoms with Gasteiger partial charge in [-0.3, -0.25) is 14.4 Å². The van der Waals surface area contributed by atoms with Crippen molar-refractivity contribution in [1.29, 1.82) is 0 Å². The van der Waals surface area contributed by atoms with Crippen molar-refractivity contribution in [2.24, 2.45) is 5.73 Å². The van der Waals surface area contributed by atoms with Crippen molar-refractivity contribution in [2.45, 2.75) is 19.4 Å². The molecule has 1 aliphatic heterocycles. The molecule has 1 aromatic carbocycles. The third-order valence-electron chi connectivity index (χ3n) is 2.37. The summed E-state index contributed by atoms with van der Waals surface area (Å²) in [7, 11) is 0. The van der Waals surface area contributed by atoms with E-state index in [-0.39, 0.29) is 19.4 Å². The molecule has 1 saturated heterocycles. The average molecular weight is 310 g/mol. The van der Waals surface area contributed by atoms with Crippen molar-refractivity contribution in [2.75, 3.05) is 0 Å². The number of nitrogens with two attached hydrogens (primary N) is 1. The summed E-state index contributed by atoms with van der Waals surface area (Å²) in [5.41, 5.74) is 4.81. The lowest BCUT2D eigenvalue weighted by atomic mass is 10.2. The van der Waals surface area contributed by atoms with Crippen LogP contribution in [0.4, 0.5) is 9.59 Å². The Balaban J connectivity index is 0.000000541. The Kier molecular flexibility index (Phi) is 6.35. The summed E-state index contributed by atoms with van der Waals surface area (Å²) in [6, 6.07) is 9.00. The third-order valence-corrected chi connectivity index (χ3v) is 2.37. The molecule has 1 aliphatic rings. The predicted molar refractivity (Wildman–Crippen MR) is 71.0 cm³/mol. The second-order valence-corrected chi connectivity index (χ2v) is 4.04. The molecule has 3 N–H and O–H groups in total. The van der Waals surface area contributed by atoms with Crippen molar-refractivity contribution in [3.63, 3.8) is 0 Å².